The number of nitrogens with zero attached hydrogens (tertiary/aromatic N) is 1. The van der Waals surface area contributed by atoms with Crippen LogP contribution in [0.5, 0.6) is 0 Å². The maximum absolute atomic E-state index is 12.9. The van der Waals surface area contributed by atoms with Gasteiger partial charge in [0.2, 0.25) is 5.91 Å². The van der Waals surface area contributed by atoms with Gasteiger partial charge in [-0.25, -0.2) is 0 Å². The Morgan fingerprint density at radius 3 is 1.63 bits per heavy atom. The van der Waals surface area contributed by atoms with Crippen molar-refractivity contribution in [3.05, 3.63) is 85.1 Å². The number of phosphoric ester groups is 1. The van der Waals surface area contributed by atoms with Gasteiger partial charge in [-0.3, -0.25) is 9.36 Å². The van der Waals surface area contributed by atoms with Crippen LogP contribution in [-0.2, 0) is 18.4 Å². The quantitative estimate of drug-likeness (QED) is 0.0277. The van der Waals surface area contributed by atoms with Crippen molar-refractivity contribution in [3.63, 3.8) is 0 Å². The Bertz CT molecular complexity index is 1200. The molecule has 0 heterocycles. The molecule has 0 fully saturated rings. The van der Waals surface area contributed by atoms with Gasteiger partial charge in [-0.15, -0.1) is 0 Å². The van der Waals surface area contributed by atoms with Gasteiger partial charge in [0.25, 0.3) is 7.82 Å². The Labute approximate surface area is 350 Å². The SMILES string of the molecule is CC/C=C\C/C=C\C/C=C\C/C=C\CCCCCCCCC(=O)NC(COP(=O)([O-])OCC[N+](C)(C)C)C(O)/C=C/CC/C=C/CC/C=C/CCCCCCCC. The van der Waals surface area contributed by atoms with Gasteiger partial charge in [0.1, 0.15) is 13.2 Å². The van der Waals surface area contributed by atoms with Gasteiger partial charge in [0, 0.05) is 6.42 Å². The normalized spacial score (nSPS) is 15.1. The number of aliphatic hydroxyl groups excluding tert-OH is 1. The van der Waals surface area contributed by atoms with E-state index in [9.17, 15) is 19.4 Å². The van der Waals surface area contributed by atoms with E-state index in [0.717, 1.165) is 89.9 Å². The fourth-order valence-electron chi connectivity index (χ4n) is 5.76. The van der Waals surface area contributed by atoms with Crippen LogP contribution >= 0.6 is 7.82 Å². The van der Waals surface area contributed by atoms with Crippen LogP contribution in [0, 0.1) is 0 Å². The van der Waals surface area contributed by atoms with Crippen LogP contribution in [0.25, 0.3) is 0 Å². The molecule has 0 saturated carbocycles. The summed E-state index contributed by atoms with van der Waals surface area (Å²) in [4.78, 5) is 25.3. The van der Waals surface area contributed by atoms with Gasteiger partial charge >= 0.3 is 0 Å². The van der Waals surface area contributed by atoms with E-state index >= 15 is 0 Å². The second-order valence-corrected chi connectivity index (χ2v) is 17.4. The van der Waals surface area contributed by atoms with Crippen LogP contribution in [-0.4, -0.2) is 68.5 Å². The molecule has 0 aliphatic carbocycles. The van der Waals surface area contributed by atoms with Crippen LogP contribution in [0.1, 0.15) is 162 Å². The van der Waals surface area contributed by atoms with Gasteiger partial charge in [-0.1, -0.05) is 157 Å². The minimum absolute atomic E-state index is 0.0167. The van der Waals surface area contributed by atoms with E-state index in [1.54, 1.807) is 6.08 Å². The van der Waals surface area contributed by atoms with Crippen molar-refractivity contribution in [1.82, 2.24) is 5.32 Å². The Balaban J connectivity index is 4.54. The van der Waals surface area contributed by atoms with E-state index in [0.29, 0.717) is 17.4 Å². The van der Waals surface area contributed by atoms with E-state index in [1.807, 2.05) is 27.2 Å². The molecule has 8 nitrogen and oxygen atoms in total. The van der Waals surface area contributed by atoms with Crippen LogP contribution in [0.15, 0.2) is 85.1 Å². The minimum atomic E-state index is -4.61. The number of allylic oxidation sites excluding steroid dienone is 13. The Morgan fingerprint density at radius 1 is 0.632 bits per heavy atom. The number of quaternary nitrogens is 1. The maximum atomic E-state index is 12.9. The molecule has 0 aromatic carbocycles. The molecular weight excluding hydrogens is 732 g/mol. The number of carbonyl (C=O) groups excluding carboxylic acids is 1. The highest BCUT2D eigenvalue weighted by Gasteiger charge is 2.23. The minimum Gasteiger partial charge on any atom is -0.756 e. The zero-order valence-corrected chi connectivity index (χ0v) is 37.9. The first kappa shape index (κ1) is 54.7. The first-order chi connectivity index (χ1) is 27.5. The lowest BCUT2D eigenvalue weighted by molar-refractivity contribution is -0.870. The molecule has 57 heavy (non-hydrogen) atoms. The number of aliphatic hydroxyl groups is 1. The molecule has 0 bridgehead atoms. The number of phosphoric acid groups is 1. The number of nitrogens with one attached hydrogen (secondary N) is 1. The lowest BCUT2D eigenvalue weighted by Crippen LogP contribution is -2.45. The van der Waals surface area contributed by atoms with Gasteiger partial charge in [-0.05, 0) is 83.5 Å². The molecular formula is C48H85N2O6P. The average Bonchev–Trinajstić information content (AvgIpc) is 3.16. The maximum Gasteiger partial charge on any atom is 0.268 e. The molecule has 0 aromatic rings. The highest BCUT2D eigenvalue weighted by Crippen LogP contribution is 2.38. The smallest absolute Gasteiger partial charge is 0.268 e. The van der Waals surface area contributed by atoms with Crippen molar-refractivity contribution in [2.45, 2.75) is 174 Å². The molecule has 3 atom stereocenters. The summed E-state index contributed by atoms with van der Waals surface area (Å²) in [6, 6.07) is -0.921. The van der Waals surface area contributed by atoms with Crippen LogP contribution < -0.4 is 10.2 Å². The topological polar surface area (TPSA) is 108 Å². The largest absolute Gasteiger partial charge is 0.756 e. The van der Waals surface area contributed by atoms with Crippen molar-refractivity contribution < 1.29 is 32.9 Å². The van der Waals surface area contributed by atoms with Crippen molar-refractivity contribution >= 4 is 13.7 Å². The molecule has 0 aliphatic heterocycles. The van der Waals surface area contributed by atoms with Crippen LogP contribution in [0.2, 0.25) is 0 Å². The first-order valence-electron chi connectivity index (χ1n) is 22.4. The van der Waals surface area contributed by atoms with E-state index in [4.69, 9.17) is 9.05 Å². The summed E-state index contributed by atoms with van der Waals surface area (Å²) in [7, 11) is 1.21. The summed E-state index contributed by atoms with van der Waals surface area (Å²) >= 11 is 0. The molecule has 9 heteroatoms. The second kappa shape index (κ2) is 39.2. The predicted octanol–water partition coefficient (Wildman–Crippen LogP) is 11.9. The number of hydrogen-bond acceptors (Lipinski definition) is 6. The molecule has 328 valence electrons. The summed E-state index contributed by atoms with van der Waals surface area (Å²) in [5.74, 6) is -0.231. The van der Waals surface area contributed by atoms with Crippen molar-refractivity contribution in [3.8, 4) is 0 Å². The van der Waals surface area contributed by atoms with E-state index in [2.05, 4.69) is 92.1 Å². The predicted molar refractivity (Wildman–Crippen MR) is 242 cm³/mol. The summed E-state index contributed by atoms with van der Waals surface area (Å²) in [6.45, 7) is 4.46. The summed E-state index contributed by atoms with van der Waals surface area (Å²) in [5.41, 5.74) is 0. The lowest BCUT2D eigenvalue weighted by Gasteiger charge is -2.29. The molecule has 2 N–H and O–H groups in total. The van der Waals surface area contributed by atoms with Gasteiger partial charge in [0.15, 0.2) is 0 Å². The zero-order chi connectivity index (χ0) is 42.1. The van der Waals surface area contributed by atoms with Crippen molar-refractivity contribution in [2.24, 2.45) is 0 Å². The number of amides is 1. The Kier molecular flexibility index (Phi) is 37.6. The third-order valence-electron chi connectivity index (χ3n) is 9.32. The molecule has 0 spiro atoms. The first-order valence-corrected chi connectivity index (χ1v) is 23.9. The average molecular weight is 817 g/mol. The molecule has 0 rings (SSSR count). The van der Waals surface area contributed by atoms with Crippen molar-refractivity contribution in [2.75, 3.05) is 40.9 Å². The Hall–Kier alpha value is -2.32. The van der Waals surface area contributed by atoms with Crippen LogP contribution in [0.3, 0.4) is 0 Å². The third-order valence-corrected chi connectivity index (χ3v) is 10.3. The number of unbranched alkanes of at least 4 members (excludes halogenated alkanes) is 14. The van der Waals surface area contributed by atoms with Crippen LogP contribution in [0.4, 0.5) is 0 Å². The van der Waals surface area contributed by atoms with E-state index < -0.39 is 26.6 Å². The number of likely N-dealkylation sites (N-methyl/N-ethyl adjacent to an activating group) is 1. The molecule has 0 aromatic heterocycles. The Morgan fingerprint density at radius 2 is 1.09 bits per heavy atom. The highest BCUT2D eigenvalue weighted by atomic mass is 31.2. The summed E-state index contributed by atoms with van der Waals surface area (Å²) in [6.07, 6.45) is 53.4. The highest BCUT2D eigenvalue weighted by molar-refractivity contribution is 7.45. The zero-order valence-electron chi connectivity index (χ0n) is 37.0. The summed E-state index contributed by atoms with van der Waals surface area (Å²) < 4.78 is 23.2. The fraction of sp³-hybridized carbons (Fsp3) is 0.688. The van der Waals surface area contributed by atoms with E-state index in [-0.39, 0.29) is 12.5 Å². The molecule has 0 saturated heterocycles. The summed E-state index contributed by atoms with van der Waals surface area (Å²) in [5, 5.41) is 13.7. The second-order valence-electron chi connectivity index (χ2n) is 16.0. The van der Waals surface area contributed by atoms with Gasteiger partial charge < -0.3 is 28.8 Å². The third kappa shape index (κ3) is 41.6. The lowest BCUT2D eigenvalue weighted by atomic mass is 10.1. The fourth-order valence-corrected chi connectivity index (χ4v) is 6.48. The number of hydrogen-bond donors (Lipinski definition) is 2. The number of rotatable bonds is 39. The number of carbonyl (C=O) groups is 1. The molecule has 1 amide bonds. The molecule has 3 unspecified atom stereocenters. The molecule has 0 radical (unpaired) electrons. The standard InChI is InChI=1S/C48H85N2O6P/c1-6-8-10-12-14-16-18-20-22-24-25-26-28-30-32-34-36-38-40-42-48(52)49-46(45-56-57(53,54)55-44-43-50(3,4)5)47(51)41-39-37-35-33-31-29-27-23-21-19-17-15-13-11-9-7-2/h8,10,14,16,20-23,25-26,31,33,39,41,46-47,51H,6-7,9,11-13,15,17-19,24,27-30,32,34-38,40,42-45H2,1-5H3,(H-,49,52,53,54)/b10-8-,16-14-,22-20-,23-21+,26-25-,33-31+,41-39+. The monoisotopic (exact) mass is 817 g/mol. The molecule has 0 aliphatic rings. The van der Waals surface area contributed by atoms with E-state index in [1.165, 1.54) is 51.4 Å². The van der Waals surface area contributed by atoms with Gasteiger partial charge in [-0.2, -0.15) is 0 Å². The van der Waals surface area contributed by atoms with Gasteiger partial charge in [0.05, 0.1) is 39.9 Å². The van der Waals surface area contributed by atoms with Crippen molar-refractivity contribution in [1.29, 1.82) is 0 Å².